The van der Waals surface area contributed by atoms with E-state index in [0.29, 0.717) is 6.07 Å². The SMILES string of the molecule is [2H][13C]([2H])([2H])[C@H](c1ncncc1F)[C@](O)(Cn1cncn1)c1ccc(F)cc1F. The van der Waals surface area contributed by atoms with Crippen molar-refractivity contribution in [1.82, 2.24) is 24.7 Å². The number of nitrogens with zero attached hydrogens (tertiary/aromatic N) is 5. The van der Waals surface area contributed by atoms with E-state index < -0.39 is 53.6 Å². The first kappa shape index (κ1) is 13.5. The summed E-state index contributed by atoms with van der Waals surface area (Å²) in [5.41, 5.74) is -3.77. The maximum absolute atomic E-state index is 14.6. The monoisotopic (exact) mass is 353 g/mol. The molecule has 6 nitrogen and oxygen atoms in total. The molecule has 0 spiro atoms. The van der Waals surface area contributed by atoms with Gasteiger partial charge in [0.15, 0.2) is 5.82 Å². The second-order valence-corrected chi connectivity index (χ2v) is 5.33. The second kappa shape index (κ2) is 6.60. The predicted octanol–water partition coefficient (Wildman–Crippen LogP) is 2.18. The van der Waals surface area contributed by atoms with E-state index in [1.54, 1.807) is 0 Å². The Kier molecular flexibility index (Phi) is 3.56. The first-order chi connectivity index (χ1) is 13.1. The summed E-state index contributed by atoms with van der Waals surface area (Å²) in [6.07, 6.45) is 3.93. The maximum Gasteiger partial charge on any atom is 0.163 e. The zero-order valence-corrected chi connectivity index (χ0v) is 12.6. The van der Waals surface area contributed by atoms with Crippen LogP contribution in [0, 0.1) is 17.5 Å². The molecule has 3 rings (SSSR count). The lowest BCUT2D eigenvalue weighted by atomic mass is 9.82. The van der Waals surface area contributed by atoms with Gasteiger partial charge in [-0.15, -0.1) is 0 Å². The maximum atomic E-state index is 14.6. The lowest BCUT2D eigenvalue weighted by Gasteiger charge is -2.34. The van der Waals surface area contributed by atoms with Crippen LogP contribution in [0.1, 0.15) is 28.1 Å². The molecule has 0 radical (unpaired) electrons. The zero-order valence-electron chi connectivity index (χ0n) is 15.6. The van der Waals surface area contributed by atoms with Gasteiger partial charge in [0.1, 0.15) is 36.2 Å². The smallest absolute Gasteiger partial charge is 0.163 e. The molecule has 0 unspecified atom stereocenters. The molecule has 0 aliphatic heterocycles. The summed E-state index contributed by atoms with van der Waals surface area (Å²) in [5, 5.41) is 15.3. The number of benzene rings is 1. The van der Waals surface area contributed by atoms with Gasteiger partial charge in [0.25, 0.3) is 0 Å². The van der Waals surface area contributed by atoms with Crippen LogP contribution in [0.3, 0.4) is 0 Å². The Balaban J connectivity index is 2.27. The van der Waals surface area contributed by atoms with Gasteiger partial charge in [0.2, 0.25) is 0 Å². The molecule has 0 aliphatic rings. The molecule has 0 aliphatic carbocycles. The molecule has 2 atom stereocenters. The topological polar surface area (TPSA) is 76.7 Å². The fraction of sp³-hybridized carbons (Fsp3) is 0.250. The van der Waals surface area contributed by atoms with Gasteiger partial charge in [-0.2, -0.15) is 5.10 Å². The summed E-state index contributed by atoms with van der Waals surface area (Å²) in [5.74, 6) is -5.25. The van der Waals surface area contributed by atoms with Gasteiger partial charge in [-0.25, -0.2) is 32.8 Å². The molecular weight excluding hydrogens is 336 g/mol. The average molecular weight is 353 g/mol. The van der Waals surface area contributed by atoms with Crippen molar-refractivity contribution in [2.45, 2.75) is 24.9 Å². The van der Waals surface area contributed by atoms with Gasteiger partial charge in [-0.05, 0) is 6.07 Å². The summed E-state index contributed by atoms with van der Waals surface area (Å²) < 4.78 is 67.0. The first-order valence-corrected chi connectivity index (χ1v) is 7.08. The quantitative estimate of drug-likeness (QED) is 0.712. The van der Waals surface area contributed by atoms with Crippen LogP contribution in [0.2, 0.25) is 0 Å². The number of hydrogen-bond donors (Lipinski definition) is 1. The molecular formula is C16H14F3N5O. The van der Waals surface area contributed by atoms with E-state index in [9.17, 15) is 18.3 Å². The largest absolute Gasteiger partial charge is 0.382 e. The van der Waals surface area contributed by atoms with Crippen LogP contribution in [0.5, 0.6) is 0 Å². The summed E-state index contributed by atoms with van der Waals surface area (Å²) >= 11 is 0. The van der Waals surface area contributed by atoms with Crippen molar-refractivity contribution < 1.29 is 22.4 Å². The lowest BCUT2D eigenvalue weighted by Crippen LogP contribution is -2.39. The highest BCUT2D eigenvalue weighted by Gasteiger charge is 2.41. The number of halogens is 3. The van der Waals surface area contributed by atoms with Crippen molar-refractivity contribution in [3.05, 3.63) is 72.1 Å². The van der Waals surface area contributed by atoms with Crippen molar-refractivity contribution in [3.63, 3.8) is 0 Å². The molecule has 9 heteroatoms. The molecule has 0 saturated heterocycles. The average Bonchev–Trinajstić information content (AvgIpc) is 3.08. The summed E-state index contributed by atoms with van der Waals surface area (Å²) in [4.78, 5) is 10.8. The molecule has 2 heterocycles. The molecule has 2 aromatic heterocycles. The van der Waals surface area contributed by atoms with Gasteiger partial charge in [0, 0.05) is 21.7 Å². The van der Waals surface area contributed by atoms with Crippen LogP contribution in [0.15, 0.2) is 43.4 Å². The van der Waals surface area contributed by atoms with Crippen LogP contribution in [0.25, 0.3) is 0 Å². The van der Waals surface area contributed by atoms with Crippen molar-refractivity contribution in [1.29, 1.82) is 0 Å². The van der Waals surface area contributed by atoms with Gasteiger partial charge in [-0.3, -0.25) is 0 Å². The van der Waals surface area contributed by atoms with Crippen molar-refractivity contribution in [2.75, 3.05) is 0 Å². The Morgan fingerprint density at radius 3 is 2.72 bits per heavy atom. The summed E-state index contributed by atoms with van der Waals surface area (Å²) in [6.45, 7) is -3.63. The number of aliphatic hydroxyl groups is 1. The van der Waals surface area contributed by atoms with E-state index in [4.69, 9.17) is 4.11 Å². The Morgan fingerprint density at radius 2 is 2.08 bits per heavy atom. The molecule has 25 heavy (non-hydrogen) atoms. The van der Waals surface area contributed by atoms with Crippen LogP contribution in [0.4, 0.5) is 13.2 Å². The highest BCUT2D eigenvalue weighted by atomic mass is 19.1. The minimum atomic E-state index is -3.02. The van der Waals surface area contributed by atoms with Crippen molar-refractivity contribution in [2.24, 2.45) is 0 Å². The lowest BCUT2D eigenvalue weighted by molar-refractivity contribution is -0.0133. The number of hydrogen-bond acceptors (Lipinski definition) is 5. The zero-order chi connectivity index (χ0) is 20.5. The second-order valence-electron chi connectivity index (χ2n) is 5.33. The molecule has 0 saturated carbocycles. The summed E-state index contributed by atoms with van der Waals surface area (Å²) in [6, 6.07) is 2.26. The Morgan fingerprint density at radius 1 is 1.24 bits per heavy atom. The third-order valence-electron chi connectivity index (χ3n) is 3.71. The van der Waals surface area contributed by atoms with Crippen LogP contribution >= 0.6 is 0 Å². The van der Waals surface area contributed by atoms with E-state index in [-0.39, 0.29) is 0 Å². The van der Waals surface area contributed by atoms with Crippen LogP contribution < -0.4 is 0 Å². The van der Waals surface area contributed by atoms with Gasteiger partial charge in [0.05, 0.1) is 18.4 Å². The standard InChI is InChI=1S/C16H14F3N5O/c1-10(15-14(19)5-20-7-22-15)16(25,6-24-9-21-8-23-24)12-3-2-11(17)4-13(12)18/h2-5,7-10,25H,6H2,1H3/t10-,16-/m1/s1/i1+1D3. The Bertz CT molecular complexity index is 970. The van der Waals surface area contributed by atoms with Crippen LogP contribution in [-0.4, -0.2) is 29.8 Å². The van der Waals surface area contributed by atoms with E-state index in [1.165, 1.54) is 6.33 Å². The Labute approximate surface area is 145 Å². The number of rotatable bonds is 5. The fourth-order valence-corrected chi connectivity index (χ4v) is 2.49. The normalized spacial score (nSPS) is 17.2. The van der Waals surface area contributed by atoms with E-state index in [1.807, 2.05) is 0 Å². The highest BCUT2D eigenvalue weighted by Crippen LogP contribution is 2.39. The van der Waals surface area contributed by atoms with Crippen molar-refractivity contribution >= 4 is 0 Å². The molecule has 0 amide bonds. The molecule has 0 bridgehead atoms. The molecule has 130 valence electrons. The third kappa shape index (κ3) is 3.22. The van der Waals surface area contributed by atoms with E-state index in [2.05, 4.69) is 20.1 Å². The van der Waals surface area contributed by atoms with Crippen LogP contribution in [-0.2, 0) is 12.1 Å². The predicted molar refractivity (Wildman–Crippen MR) is 80.7 cm³/mol. The van der Waals surface area contributed by atoms with E-state index in [0.717, 1.165) is 35.7 Å². The minimum absolute atomic E-state index is 0.495. The third-order valence-corrected chi connectivity index (χ3v) is 3.71. The molecule has 1 aromatic carbocycles. The molecule has 1 N–H and O–H groups in total. The van der Waals surface area contributed by atoms with Gasteiger partial charge < -0.3 is 5.11 Å². The molecule has 0 fully saturated rings. The fourth-order valence-electron chi connectivity index (χ4n) is 2.49. The van der Waals surface area contributed by atoms with E-state index >= 15 is 0 Å². The minimum Gasteiger partial charge on any atom is -0.382 e. The highest BCUT2D eigenvalue weighted by molar-refractivity contribution is 5.30. The van der Waals surface area contributed by atoms with Gasteiger partial charge in [-0.1, -0.05) is 12.9 Å². The Hall–Kier alpha value is -2.81. The molecule has 3 aromatic rings. The summed E-state index contributed by atoms with van der Waals surface area (Å²) in [7, 11) is 0. The first-order valence-electron chi connectivity index (χ1n) is 8.58. The van der Waals surface area contributed by atoms with Gasteiger partial charge >= 0.3 is 0 Å². The number of aromatic nitrogens is 5. The van der Waals surface area contributed by atoms with Crippen molar-refractivity contribution in [3.8, 4) is 0 Å².